The van der Waals surface area contributed by atoms with Crippen molar-refractivity contribution in [1.82, 2.24) is 4.90 Å². The Bertz CT molecular complexity index is 391. The minimum atomic E-state index is 0.652. The highest BCUT2D eigenvalue weighted by molar-refractivity contribution is 5.69. The molecular weight excluding hydrogens is 212 g/mol. The summed E-state index contributed by atoms with van der Waals surface area (Å²) < 4.78 is 0. The number of hydrogen-bond acceptors (Lipinski definition) is 4. The minimum absolute atomic E-state index is 0.652. The van der Waals surface area contributed by atoms with Gasteiger partial charge in [0.2, 0.25) is 0 Å². The van der Waals surface area contributed by atoms with Crippen LogP contribution in [0.15, 0.2) is 18.2 Å². The zero-order chi connectivity index (χ0) is 12.4. The fourth-order valence-electron chi connectivity index (χ4n) is 2.43. The van der Waals surface area contributed by atoms with Crippen molar-refractivity contribution in [2.75, 3.05) is 43.6 Å². The first-order chi connectivity index (χ1) is 8.08. The number of rotatable bonds is 3. The number of anilines is 3. The second-order valence-electron chi connectivity index (χ2n) is 4.97. The van der Waals surface area contributed by atoms with E-state index in [1.807, 2.05) is 18.2 Å². The van der Waals surface area contributed by atoms with Gasteiger partial charge in [-0.2, -0.15) is 0 Å². The first-order valence-corrected chi connectivity index (χ1v) is 6.14. The predicted molar refractivity (Wildman–Crippen MR) is 74.2 cm³/mol. The van der Waals surface area contributed by atoms with Gasteiger partial charge < -0.3 is 21.3 Å². The lowest BCUT2D eigenvalue weighted by Crippen LogP contribution is -2.36. The van der Waals surface area contributed by atoms with Crippen molar-refractivity contribution >= 4 is 17.1 Å². The third kappa shape index (κ3) is 2.64. The number of nitrogens with zero attached hydrogens (tertiary/aromatic N) is 2. The Kier molecular flexibility index (Phi) is 3.43. The van der Waals surface area contributed by atoms with E-state index in [4.69, 9.17) is 11.5 Å². The molecular formula is C13H22N4. The number of nitrogens with two attached hydrogens (primary N) is 2. The zero-order valence-electron chi connectivity index (χ0n) is 10.7. The van der Waals surface area contributed by atoms with Crippen LogP contribution < -0.4 is 16.4 Å². The van der Waals surface area contributed by atoms with Gasteiger partial charge in [0.15, 0.2) is 0 Å². The number of likely N-dealkylation sites (N-methyl/N-ethyl adjacent to an activating group) is 2. The number of hydrogen-bond donors (Lipinski definition) is 2. The van der Waals surface area contributed by atoms with Crippen molar-refractivity contribution in [2.45, 2.75) is 18.9 Å². The second kappa shape index (κ2) is 4.84. The molecule has 4 nitrogen and oxygen atoms in total. The van der Waals surface area contributed by atoms with Crippen molar-refractivity contribution in [1.29, 1.82) is 0 Å². The largest absolute Gasteiger partial charge is 0.397 e. The summed E-state index contributed by atoms with van der Waals surface area (Å²) in [6, 6.07) is 6.50. The molecule has 0 radical (unpaired) electrons. The molecule has 0 aliphatic carbocycles. The molecule has 1 heterocycles. The lowest BCUT2D eigenvalue weighted by atomic mass is 10.2. The topological polar surface area (TPSA) is 58.5 Å². The first kappa shape index (κ1) is 12.0. The molecule has 2 rings (SSSR count). The molecule has 17 heavy (non-hydrogen) atoms. The Morgan fingerprint density at radius 3 is 2.71 bits per heavy atom. The molecule has 0 bridgehead atoms. The maximum Gasteiger partial charge on any atom is 0.0568 e. The van der Waals surface area contributed by atoms with Gasteiger partial charge in [-0.15, -0.1) is 0 Å². The Morgan fingerprint density at radius 2 is 2.12 bits per heavy atom. The normalized spacial score (nSPS) is 20.7. The highest BCUT2D eigenvalue weighted by atomic mass is 15.2. The average molecular weight is 234 g/mol. The van der Waals surface area contributed by atoms with Crippen molar-refractivity contribution in [3.8, 4) is 0 Å². The summed E-state index contributed by atoms with van der Waals surface area (Å²) in [5.41, 5.74) is 14.0. The van der Waals surface area contributed by atoms with Gasteiger partial charge in [-0.05, 0) is 44.6 Å². The van der Waals surface area contributed by atoms with E-state index in [0.29, 0.717) is 17.4 Å². The van der Waals surface area contributed by atoms with Gasteiger partial charge in [-0.1, -0.05) is 0 Å². The summed E-state index contributed by atoms with van der Waals surface area (Å²) in [5.74, 6) is 0. The van der Waals surface area contributed by atoms with Gasteiger partial charge in [0.25, 0.3) is 0 Å². The summed E-state index contributed by atoms with van der Waals surface area (Å²) in [6.07, 6.45) is 2.59. The van der Waals surface area contributed by atoms with Crippen molar-refractivity contribution in [3.63, 3.8) is 0 Å². The molecule has 1 aliphatic heterocycles. The predicted octanol–water partition coefficient (Wildman–Crippen LogP) is 1.38. The fraction of sp³-hybridized carbons (Fsp3) is 0.538. The van der Waals surface area contributed by atoms with Gasteiger partial charge in [-0.3, -0.25) is 0 Å². The smallest absolute Gasteiger partial charge is 0.0568 e. The Labute approximate surface area is 103 Å². The van der Waals surface area contributed by atoms with Gasteiger partial charge in [-0.25, -0.2) is 0 Å². The highest BCUT2D eigenvalue weighted by Crippen LogP contribution is 2.24. The van der Waals surface area contributed by atoms with E-state index in [0.717, 1.165) is 12.2 Å². The van der Waals surface area contributed by atoms with E-state index in [1.54, 1.807) is 0 Å². The molecule has 4 N–H and O–H groups in total. The van der Waals surface area contributed by atoms with Crippen molar-refractivity contribution in [2.24, 2.45) is 0 Å². The molecule has 1 aliphatic rings. The van der Waals surface area contributed by atoms with Crippen LogP contribution in [0.1, 0.15) is 12.8 Å². The lowest BCUT2D eigenvalue weighted by molar-refractivity contribution is 0.314. The van der Waals surface area contributed by atoms with E-state index in [9.17, 15) is 0 Å². The molecule has 4 heteroatoms. The van der Waals surface area contributed by atoms with Crippen LogP contribution in [-0.4, -0.2) is 38.1 Å². The van der Waals surface area contributed by atoms with Gasteiger partial charge in [0.05, 0.1) is 11.4 Å². The maximum absolute atomic E-state index is 5.83. The zero-order valence-corrected chi connectivity index (χ0v) is 10.7. The third-order valence-corrected chi connectivity index (χ3v) is 3.67. The van der Waals surface area contributed by atoms with E-state index >= 15 is 0 Å². The monoisotopic (exact) mass is 234 g/mol. The Balaban J connectivity index is 2.03. The summed E-state index contributed by atoms with van der Waals surface area (Å²) >= 11 is 0. The molecule has 1 fully saturated rings. The van der Waals surface area contributed by atoms with Crippen LogP contribution in [0, 0.1) is 0 Å². The molecule has 94 valence electrons. The van der Waals surface area contributed by atoms with E-state index < -0.39 is 0 Å². The molecule has 1 atom stereocenters. The van der Waals surface area contributed by atoms with Crippen LogP contribution in [0.5, 0.6) is 0 Å². The highest BCUT2D eigenvalue weighted by Gasteiger charge is 2.22. The molecule has 1 aromatic carbocycles. The summed E-state index contributed by atoms with van der Waals surface area (Å²) in [7, 11) is 4.31. The fourth-order valence-corrected chi connectivity index (χ4v) is 2.43. The second-order valence-corrected chi connectivity index (χ2v) is 4.97. The van der Waals surface area contributed by atoms with Crippen molar-refractivity contribution in [3.05, 3.63) is 18.2 Å². The third-order valence-electron chi connectivity index (χ3n) is 3.67. The van der Waals surface area contributed by atoms with Gasteiger partial charge >= 0.3 is 0 Å². The van der Waals surface area contributed by atoms with E-state index in [1.165, 1.54) is 19.4 Å². The van der Waals surface area contributed by atoms with E-state index in [2.05, 4.69) is 23.9 Å². The number of likely N-dealkylation sites (tertiary alicyclic amines) is 1. The summed E-state index contributed by atoms with van der Waals surface area (Å²) in [6.45, 7) is 2.25. The van der Waals surface area contributed by atoms with Crippen LogP contribution in [0.2, 0.25) is 0 Å². The average Bonchev–Trinajstić information content (AvgIpc) is 2.68. The van der Waals surface area contributed by atoms with E-state index in [-0.39, 0.29) is 0 Å². The summed E-state index contributed by atoms with van der Waals surface area (Å²) in [5, 5.41) is 0. The maximum atomic E-state index is 5.83. The van der Waals surface area contributed by atoms with Gasteiger partial charge in [0.1, 0.15) is 0 Å². The molecule has 0 amide bonds. The summed E-state index contributed by atoms with van der Waals surface area (Å²) in [4.78, 5) is 4.68. The van der Waals surface area contributed by atoms with Crippen LogP contribution in [0.25, 0.3) is 0 Å². The minimum Gasteiger partial charge on any atom is -0.397 e. The number of benzene rings is 1. The molecule has 1 unspecified atom stereocenters. The molecule has 1 saturated heterocycles. The van der Waals surface area contributed by atoms with Crippen LogP contribution >= 0.6 is 0 Å². The molecule has 0 saturated carbocycles. The van der Waals surface area contributed by atoms with Gasteiger partial charge in [0, 0.05) is 25.3 Å². The molecule has 0 spiro atoms. The standard InChI is InChI=1S/C13H22N4/c1-16-7-3-4-11(16)9-17(2)10-5-6-12(14)13(15)8-10/h5-6,8,11H,3-4,7,9,14-15H2,1-2H3. The Morgan fingerprint density at radius 1 is 1.35 bits per heavy atom. The van der Waals surface area contributed by atoms with Crippen molar-refractivity contribution < 1.29 is 0 Å². The van der Waals surface area contributed by atoms with Crippen LogP contribution in [-0.2, 0) is 0 Å². The number of nitrogen functional groups attached to an aromatic ring is 2. The molecule has 1 aromatic rings. The molecule has 0 aromatic heterocycles. The van der Waals surface area contributed by atoms with Crippen LogP contribution in [0.4, 0.5) is 17.1 Å². The first-order valence-electron chi connectivity index (χ1n) is 6.14. The lowest BCUT2D eigenvalue weighted by Gasteiger charge is -2.27. The van der Waals surface area contributed by atoms with Crippen LogP contribution in [0.3, 0.4) is 0 Å². The SMILES string of the molecule is CN(CC1CCCN1C)c1ccc(N)c(N)c1. The quantitative estimate of drug-likeness (QED) is 0.776. The Hall–Kier alpha value is -1.42.